The number of hydrogen-bond acceptors (Lipinski definition) is 2. The van der Waals surface area contributed by atoms with Crippen LogP contribution in [-0.2, 0) is 17.8 Å². The van der Waals surface area contributed by atoms with Crippen LogP contribution in [0.15, 0.2) is 66.9 Å². The largest absolute Gasteiger partial charge is 0.383 e. The summed E-state index contributed by atoms with van der Waals surface area (Å²) in [5.74, 6) is -0.525. The van der Waals surface area contributed by atoms with Crippen LogP contribution in [0.2, 0.25) is 5.02 Å². The zero-order chi connectivity index (χ0) is 19.9. The molecule has 3 aromatic rings. The van der Waals surface area contributed by atoms with E-state index in [1.54, 1.807) is 12.0 Å². The molecule has 0 saturated carbocycles. The highest BCUT2D eigenvalue weighted by Gasteiger charge is 2.17. The number of amides is 1. The smallest absolute Gasteiger partial charge is 0.254 e. The Kier molecular flexibility index (Phi) is 6.85. The van der Waals surface area contributed by atoms with Crippen molar-refractivity contribution < 1.29 is 13.9 Å². The molecule has 2 aromatic carbocycles. The summed E-state index contributed by atoms with van der Waals surface area (Å²) in [6.45, 7) is 1.94. The Balaban J connectivity index is 1.78. The van der Waals surface area contributed by atoms with Gasteiger partial charge in [0.1, 0.15) is 5.82 Å². The molecule has 146 valence electrons. The van der Waals surface area contributed by atoms with Crippen LogP contribution in [0.5, 0.6) is 0 Å². The Hall–Kier alpha value is -2.63. The lowest BCUT2D eigenvalue weighted by Crippen LogP contribution is -2.34. The number of halogens is 2. The highest BCUT2D eigenvalue weighted by atomic mass is 35.5. The van der Waals surface area contributed by atoms with Crippen LogP contribution in [0.3, 0.4) is 0 Å². The fourth-order valence-electron chi connectivity index (χ4n) is 3.00. The number of hydrogen-bond donors (Lipinski definition) is 0. The predicted molar refractivity (Wildman–Crippen MR) is 108 cm³/mol. The average molecular weight is 401 g/mol. The van der Waals surface area contributed by atoms with Crippen LogP contribution in [0.25, 0.3) is 0 Å². The van der Waals surface area contributed by atoms with E-state index in [0.29, 0.717) is 36.8 Å². The van der Waals surface area contributed by atoms with Crippen molar-refractivity contribution in [1.29, 1.82) is 0 Å². The number of nitrogens with zero attached hydrogens (tertiary/aromatic N) is 2. The molecule has 6 heteroatoms. The lowest BCUT2D eigenvalue weighted by atomic mass is 10.2. The summed E-state index contributed by atoms with van der Waals surface area (Å²) in [7, 11) is 1.60. The van der Waals surface area contributed by atoms with Crippen molar-refractivity contribution in [2.24, 2.45) is 0 Å². The quantitative estimate of drug-likeness (QED) is 0.553. The van der Waals surface area contributed by atoms with E-state index in [0.717, 1.165) is 11.3 Å². The minimum Gasteiger partial charge on any atom is -0.383 e. The summed E-state index contributed by atoms with van der Waals surface area (Å²) in [4.78, 5) is 14.6. The number of aromatic nitrogens is 1. The fraction of sp³-hybridized carbons (Fsp3) is 0.227. The Morgan fingerprint density at radius 1 is 1.14 bits per heavy atom. The van der Waals surface area contributed by atoms with E-state index in [9.17, 15) is 9.18 Å². The Morgan fingerprint density at radius 3 is 2.64 bits per heavy atom. The molecule has 28 heavy (non-hydrogen) atoms. The predicted octanol–water partition coefficient (Wildman–Crippen LogP) is 4.62. The Labute approximate surface area is 169 Å². The summed E-state index contributed by atoms with van der Waals surface area (Å²) >= 11 is 6.08. The first-order valence-electron chi connectivity index (χ1n) is 8.99. The first-order valence-corrected chi connectivity index (χ1v) is 9.37. The summed E-state index contributed by atoms with van der Waals surface area (Å²) in [6.07, 6.45) is 1.98. The van der Waals surface area contributed by atoms with Gasteiger partial charge in [-0.05, 0) is 54.1 Å². The Bertz CT molecular complexity index is 924. The third-order valence-electron chi connectivity index (χ3n) is 4.46. The maximum absolute atomic E-state index is 13.2. The standard InChI is InChI=1S/C22H22ClFN2O2/c1-28-13-12-26(22(27)18-7-9-20(24)10-8-18)16-21-6-3-11-25(21)15-17-4-2-5-19(23)14-17/h2-11,14H,12-13,15-16H2,1H3. The van der Waals surface area contributed by atoms with E-state index in [4.69, 9.17) is 16.3 Å². The molecule has 0 aliphatic rings. The van der Waals surface area contributed by atoms with E-state index in [1.807, 2.05) is 42.6 Å². The van der Waals surface area contributed by atoms with E-state index in [-0.39, 0.29) is 11.7 Å². The minimum atomic E-state index is -0.365. The maximum Gasteiger partial charge on any atom is 0.254 e. The van der Waals surface area contributed by atoms with Gasteiger partial charge in [-0.1, -0.05) is 23.7 Å². The molecule has 0 bridgehead atoms. The van der Waals surface area contributed by atoms with Crippen LogP contribution in [0.1, 0.15) is 21.6 Å². The van der Waals surface area contributed by atoms with E-state index in [2.05, 4.69) is 4.57 Å². The topological polar surface area (TPSA) is 34.5 Å². The number of ether oxygens (including phenoxy) is 1. The second kappa shape index (κ2) is 9.53. The van der Waals surface area contributed by atoms with Gasteiger partial charge in [0, 0.05) is 42.7 Å². The van der Waals surface area contributed by atoms with Crippen LogP contribution in [-0.4, -0.2) is 35.6 Å². The molecule has 0 saturated heterocycles. The highest BCUT2D eigenvalue weighted by Crippen LogP contribution is 2.16. The number of rotatable bonds is 8. The van der Waals surface area contributed by atoms with Crippen LogP contribution in [0.4, 0.5) is 4.39 Å². The third kappa shape index (κ3) is 5.21. The van der Waals surface area contributed by atoms with Crippen molar-refractivity contribution in [1.82, 2.24) is 9.47 Å². The molecule has 1 amide bonds. The lowest BCUT2D eigenvalue weighted by Gasteiger charge is -2.23. The van der Waals surface area contributed by atoms with Crippen LogP contribution >= 0.6 is 11.6 Å². The molecule has 1 aromatic heterocycles. The third-order valence-corrected chi connectivity index (χ3v) is 4.70. The number of methoxy groups -OCH3 is 1. The zero-order valence-corrected chi connectivity index (χ0v) is 16.4. The van der Waals surface area contributed by atoms with Gasteiger partial charge in [-0.15, -0.1) is 0 Å². The second-order valence-corrected chi connectivity index (χ2v) is 6.92. The van der Waals surface area contributed by atoms with Crippen molar-refractivity contribution in [3.8, 4) is 0 Å². The first-order chi connectivity index (χ1) is 13.6. The SMILES string of the molecule is COCCN(Cc1cccn1Cc1cccc(Cl)c1)C(=O)c1ccc(F)cc1. The van der Waals surface area contributed by atoms with Crippen LogP contribution in [0, 0.1) is 5.82 Å². The summed E-state index contributed by atoms with van der Waals surface area (Å²) < 4.78 is 20.4. The second-order valence-electron chi connectivity index (χ2n) is 6.48. The molecule has 0 aliphatic heterocycles. The molecular formula is C22H22ClFN2O2. The molecule has 0 atom stereocenters. The highest BCUT2D eigenvalue weighted by molar-refractivity contribution is 6.30. The summed E-state index contributed by atoms with van der Waals surface area (Å²) in [5, 5.41) is 0.694. The van der Waals surface area contributed by atoms with Gasteiger partial charge in [0.05, 0.1) is 13.2 Å². The first kappa shape index (κ1) is 20.1. The van der Waals surface area contributed by atoms with Gasteiger partial charge >= 0.3 is 0 Å². The molecule has 0 fully saturated rings. The fourth-order valence-corrected chi connectivity index (χ4v) is 3.22. The maximum atomic E-state index is 13.2. The van der Waals surface area contributed by atoms with Gasteiger partial charge in [0.15, 0.2) is 0 Å². The molecule has 0 N–H and O–H groups in total. The van der Waals surface area contributed by atoms with E-state index in [1.165, 1.54) is 24.3 Å². The monoisotopic (exact) mass is 400 g/mol. The summed E-state index contributed by atoms with van der Waals surface area (Å²) in [5.41, 5.74) is 2.52. The van der Waals surface area contributed by atoms with Crippen molar-refractivity contribution in [3.05, 3.63) is 94.5 Å². The van der Waals surface area contributed by atoms with Crippen molar-refractivity contribution in [2.45, 2.75) is 13.1 Å². The van der Waals surface area contributed by atoms with Crippen molar-refractivity contribution in [3.63, 3.8) is 0 Å². The Morgan fingerprint density at radius 2 is 1.93 bits per heavy atom. The minimum absolute atomic E-state index is 0.160. The van der Waals surface area contributed by atoms with Gasteiger partial charge in [-0.3, -0.25) is 4.79 Å². The number of benzene rings is 2. The normalized spacial score (nSPS) is 10.8. The molecule has 0 aliphatic carbocycles. The molecule has 0 unspecified atom stereocenters. The molecule has 1 heterocycles. The van der Waals surface area contributed by atoms with Crippen molar-refractivity contribution >= 4 is 17.5 Å². The van der Waals surface area contributed by atoms with Gasteiger partial charge in [-0.2, -0.15) is 0 Å². The summed E-state index contributed by atoms with van der Waals surface area (Å²) in [6, 6.07) is 17.2. The van der Waals surface area contributed by atoms with Gasteiger partial charge in [-0.25, -0.2) is 4.39 Å². The van der Waals surface area contributed by atoms with Gasteiger partial charge in [0.2, 0.25) is 0 Å². The average Bonchev–Trinajstić information content (AvgIpc) is 3.12. The van der Waals surface area contributed by atoms with Crippen molar-refractivity contribution in [2.75, 3.05) is 20.3 Å². The number of carbonyl (C=O) groups is 1. The molecular weight excluding hydrogens is 379 g/mol. The lowest BCUT2D eigenvalue weighted by molar-refractivity contribution is 0.0676. The van der Waals surface area contributed by atoms with Crippen LogP contribution < -0.4 is 0 Å². The molecule has 3 rings (SSSR count). The number of carbonyl (C=O) groups excluding carboxylic acids is 1. The molecule has 4 nitrogen and oxygen atoms in total. The van der Waals surface area contributed by atoms with E-state index < -0.39 is 0 Å². The van der Waals surface area contributed by atoms with Gasteiger partial charge in [0.25, 0.3) is 5.91 Å². The van der Waals surface area contributed by atoms with E-state index >= 15 is 0 Å². The molecule has 0 spiro atoms. The molecule has 0 radical (unpaired) electrons. The van der Waals surface area contributed by atoms with Gasteiger partial charge < -0.3 is 14.2 Å². The zero-order valence-electron chi connectivity index (χ0n) is 15.6.